The number of carboxylic acids is 1. The lowest BCUT2D eigenvalue weighted by molar-refractivity contribution is -0.139. The van der Waals surface area contributed by atoms with Crippen LogP contribution in [0.3, 0.4) is 0 Å². The lowest BCUT2D eigenvalue weighted by Crippen LogP contribution is -2.29. The van der Waals surface area contributed by atoms with Gasteiger partial charge in [-0.05, 0) is 70.0 Å². The molecule has 3 atom stereocenters. The van der Waals surface area contributed by atoms with Gasteiger partial charge in [0, 0.05) is 0 Å². The lowest BCUT2D eigenvalue weighted by atomic mass is 9.68. The molecule has 0 amide bonds. The summed E-state index contributed by atoms with van der Waals surface area (Å²) >= 11 is 3.33. The summed E-state index contributed by atoms with van der Waals surface area (Å²) in [5.74, 6) is -0.242. The molecule has 1 fully saturated rings. The first kappa shape index (κ1) is 18.8. The molecule has 130 valence electrons. The fourth-order valence-corrected chi connectivity index (χ4v) is 4.68. The molecule has 5 heteroatoms. The van der Waals surface area contributed by atoms with Gasteiger partial charge < -0.3 is 10.2 Å². The zero-order chi connectivity index (χ0) is 18.2. The van der Waals surface area contributed by atoms with Crippen molar-refractivity contribution in [3.63, 3.8) is 0 Å². The zero-order valence-electron chi connectivity index (χ0n) is 14.6. The van der Waals surface area contributed by atoms with Gasteiger partial charge in [0.2, 0.25) is 0 Å². The fourth-order valence-electron chi connectivity index (χ4n) is 4.37. The maximum Gasteiger partial charge on any atom is 0.303 e. The molecular weight excluding hydrogens is 370 g/mol. The summed E-state index contributed by atoms with van der Waals surface area (Å²) < 4.78 is 0.529. The van der Waals surface area contributed by atoms with Crippen LogP contribution in [0.15, 0.2) is 10.5 Å². The van der Waals surface area contributed by atoms with Crippen LogP contribution < -0.4 is 0 Å². The predicted molar refractivity (Wildman–Crippen MR) is 95.9 cm³/mol. The molecule has 0 aliphatic heterocycles. The summed E-state index contributed by atoms with van der Waals surface area (Å²) in [6.07, 6.45) is 1.82. The standard InChI is InChI=1S/C19H24BrNO3/c1-10(2)12-5-6-19(4,8-15(22)23)16(12)13-7-11(3)17(20)18(24)14(13)9-21/h7,10,12,16,24H,5-6,8H2,1-4H3,(H,22,23)/t12-,16-,19+/m1/s1. The minimum atomic E-state index is -0.816. The molecular formula is C19H24BrNO3. The summed E-state index contributed by atoms with van der Waals surface area (Å²) in [6.45, 7) is 8.16. The van der Waals surface area contributed by atoms with Crippen molar-refractivity contribution in [2.45, 2.75) is 52.9 Å². The molecule has 0 bridgehead atoms. The first-order valence-electron chi connectivity index (χ1n) is 8.26. The van der Waals surface area contributed by atoms with Crippen molar-refractivity contribution in [3.8, 4) is 11.8 Å². The number of carbonyl (C=O) groups is 1. The van der Waals surface area contributed by atoms with E-state index in [2.05, 4.69) is 35.8 Å². The number of carboxylic acid groups (broad SMARTS) is 1. The van der Waals surface area contributed by atoms with E-state index in [1.54, 1.807) is 0 Å². The minimum absolute atomic E-state index is 0.0421. The molecule has 0 radical (unpaired) electrons. The Balaban J connectivity index is 2.69. The number of benzene rings is 1. The third kappa shape index (κ3) is 3.17. The van der Waals surface area contributed by atoms with Crippen molar-refractivity contribution in [2.24, 2.45) is 17.3 Å². The normalized spacial score (nSPS) is 26.5. The van der Waals surface area contributed by atoms with Crippen molar-refractivity contribution < 1.29 is 15.0 Å². The van der Waals surface area contributed by atoms with Crippen molar-refractivity contribution in [2.75, 3.05) is 0 Å². The molecule has 1 aromatic carbocycles. The van der Waals surface area contributed by atoms with E-state index in [4.69, 9.17) is 0 Å². The quantitative estimate of drug-likeness (QED) is 0.756. The number of nitriles is 1. The third-order valence-corrected chi connectivity index (χ3v) is 6.54. The first-order chi connectivity index (χ1) is 11.1. The van der Waals surface area contributed by atoms with Crippen LogP contribution in [0.5, 0.6) is 5.75 Å². The maximum absolute atomic E-state index is 11.4. The Morgan fingerprint density at radius 3 is 2.67 bits per heavy atom. The average Bonchev–Trinajstić information content (AvgIpc) is 2.80. The van der Waals surface area contributed by atoms with Crippen LogP contribution in [-0.2, 0) is 4.79 Å². The molecule has 24 heavy (non-hydrogen) atoms. The highest BCUT2D eigenvalue weighted by atomic mass is 79.9. The lowest BCUT2D eigenvalue weighted by Gasteiger charge is -2.36. The number of phenols is 1. The van der Waals surface area contributed by atoms with E-state index in [-0.39, 0.29) is 23.7 Å². The van der Waals surface area contributed by atoms with E-state index < -0.39 is 11.4 Å². The van der Waals surface area contributed by atoms with Gasteiger partial charge in [-0.1, -0.05) is 26.8 Å². The van der Waals surface area contributed by atoms with Gasteiger partial charge in [0.1, 0.15) is 11.8 Å². The molecule has 0 saturated heterocycles. The number of halogens is 1. The minimum Gasteiger partial charge on any atom is -0.505 e. The van der Waals surface area contributed by atoms with Crippen molar-refractivity contribution >= 4 is 21.9 Å². The summed E-state index contributed by atoms with van der Waals surface area (Å²) in [7, 11) is 0. The van der Waals surface area contributed by atoms with Gasteiger partial charge in [-0.3, -0.25) is 4.79 Å². The molecule has 0 spiro atoms. The van der Waals surface area contributed by atoms with Crippen molar-refractivity contribution in [1.82, 2.24) is 0 Å². The smallest absolute Gasteiger partial charge is 0.303 e. The van der Waals surface area contributed by atoms with Gasteiger partial charge in [0.25, 0.3) is 0 Å². The monoisotopic (exact) mass is 393 g/mol. The Hall–Kier alpha value is -1.54. The number of hydrogen-bond acceptors (Lipinski definition) is 3. The van der Waals surface area contributed by atoms with Crippen molar-refractivity contribution in [1.29, 1.82) is 5.26 Å². The van der Waals surface area contributed by atoms with Crippen LogP contribution >= 0.6 is 15.9 Å². The second-order valence-electron chi connectivity index (χ2n) is 7.58. The molecule has 0 unspecified atom stereocenters. The van der Waals surface area contributed by atoms with Crippen LogP contribution in [0, 0.1) is 35.5 Å². The number of hydrogen-bond donors (Lipinski definition) is 2. The molecule has 2 N–H and O–H groups in total. The Morgan fingerprint density at radius 1 is 1.54 bits per heavy atom. The van der Waals surface area contributed by atoms with E-state index in [0.29, 0.717) is 16.3 Å². The Kier molecular flexibility index (Phi) is 5.29. The second-order valence-corrected chi connectivity index (χ2v) is 8.37. The number of aromatic hydroxyl groups is 1. The maximum atomic E-state index is 11.4. The molecule has 2 rings (SSSR count). The van der Waals surface area contributed by atoms with E-state index in [0.717, 1.165) is 24.0 Å². The van der Waals surface area contributed by atoms with E-state index >= 15 is 0 Å². The molecule has 1 saturated carbocycles. The molecule has 0 heterocycles. The van der Waals surface area contributed by atoms with Crippen LogP contribution in [0.4, 0.5) is 0 Å². The third-order valence-electron chi connectivity index (χ3n) is 5.54. The van der Waals surface area contributed by atoms with E-state index in [9.17, 15) is 20.3 Å². The van der Waals surface area contributed by atoms with Gasteiger partial charge >= 0.3 is 5.97 Å². The first-order valence-corrected chi connectivity index (χ1v) is 9.05. The molecule has 1 aliphatic rings. The van der Waals surface area contributed by atoms with Gasteiger partial charge in [0.15, 0.2) is 0 Å². The van der Waals surface area contributed by atoms with Gasteiger partial charge in [0.05, 0.1) is 16.5 Å². The van der Waals surface area contributed by atoms with Crippen LogP contribution in [-0.4, -0.2) is 16.2 Å². The molecule has 1 aliphatic carbocycles. The highest BCUT2D eigenvalue weighted by Crippen LogP contribution is 2.58. The molecule has 4 nitrogen and oxygen atoms in total. The highest BCUT2D eigenvalue weighted by Gasteiger charge is 2.49. The number of aliphatic carboxylic acids is 1. The molecule has 0 aromatic heterocycles. The Labute approximate surface area is 151 Å². The Morgan fingerprint density at radius 2 is 2.17 bits per heavy atom. The van der Waals surface area contributed by atoms with Crippen LogP contribution in [0.25, 0.3) is 0 Å². The summed E-state index contributed by atoms with van der Waals surface area (Å²) in [6, 6.07) is 4.07. The van der Waals surface area contributed by atoms with Gasteiger partial charge in [-0.15, -0.1) is 0 Å². The van der Waals surface area contributed by atoms with E-state index in [1.807, 2.05) is 19.9 Å². The molecule has 1 aromatic rings. The Bertz CT molecular complexity index is 708. The van der Waals surface area contributed by atoms with E-state index in [1.165, 1.54) is 0 Å². The number of rotatable bonds is 4. The topological polar surface area (TPSA) is 81.3 Å². The predicted octanol–water partition coefficient (Wildman–Crippen LogP) is 4.97. The average molecular weight is 394 g/mol. The van der Waals surface area contributed by atoms with Crippen molar-refractivity contribution in [3.05, 3.63) is 27.2 Å². The largest absolute Gasteiger partial charge is 0.505 e. The van der Waals surface area contributed by atoms with Gasteiger partial charge in [-0.2, -0.15) is 5.26 Å². The number of aryl methyl sites for hydroxylation is 1. The van der Waals surface area contributed by atoms with Crippen LogP contribution in [0.2, 0.25) is 0 Å². The van der Waals surface area contributed by atoms with Crippen LogP contribution in [0.1, 0.15) is 62.6 Å². The summed E-state index contributed by atoms with van der Waals surface area (Å²) in [5.41, 5.74) is 1.49. The second kappa shape index (κ2) is 6.76. The highest BCUT2D eigenvalue weighted by molar-refractivity contribution is 9.10. The SMILES string of the molecule is Cc1cc([C@H]2[C@@H](C(C)C)CC[C@@]2(C)CC(=O)O)c(C#N)c(O)c1Br. The summed E-state index contributed by atoms with van der Waals surface area (Å²) in [4.78, 5) is 11.4. The van der Waals surface area contributed by atoms with Gasteiger partial charge in [-0.25, -0.2) is 0 Å². The zero-order valence-corrected chi connectivity index (χ0v) is 16.1. The fraction of sp³-hybridized carbons (Fsp3) is 0.579. The number of phenolic OH excluding ortho intramolecular Hbond substituents is 1. The summed E-state index contributed by atoms with van der Waals surface area (Å²) in [5, 5.41) is 29.4. The number of nitrogens with zero attached hydrogens (tertiary/aromatic N) is 1.